The maximum Gasteiger partial charge on any atom is 0.325 e. The molecule has 164 valence electrons. The van der Waals surface area contributed by atoms with E-state index in [4.69, 9.17) is 11.5 Å². The van der Waals surface area contributed by atoms with Crippen molar-refractivity contribution in [1.82, 2.24) is 14.8 Å². The van der Waals surface area contributed by atoms with Gasteiger partial charge in [0.2, 0.25) is 0 Å². The fourth-order valence-electron chi connectivity index (χ4n) is 4.03. The molecule has 4 rings (SSSR count). The number of amides is 2. The van der Waals surface area contributed by atoms with Crippen LogP contribution in [0.25, 0.3) is 11.3 Å². The first-order valence-corrected chi connectivity index (χ1v) is 10.5. The van der Waals surface area contributed by atoms with Crippen LogP contribution in [0.5, 0.6) is 0 Å². The van der Waals surface area contributed by atoms with Gasteiger partial charge >= 0.3 is 6.03 Å². The summed E-state index contributed by atoms with van der Waals surface area (Å²) < 4.78 is 13.6. The van der Waals surface area contributed by atoms with E-state index in [1.165, 1.54) is 17.0 Å². The topological polar surface area (TPSA) is 88.5 Å². The molecule has 2 amide bonds. The number of rotatable bonds is 6. The van der Waals surface area contributed by atoms with E-state index >= 15 is 0 Å². The van der Waals surface area contributed by atoms with Crippen LogP contribution in [-0.4, -0.2) is 46.6 Å². The standard InChI is InChI=1S/C25H26FN5O/c1-30-24(28)22(18-7-9-20(26)10-8-18)23(19-11-13-29-14-12-19)31(25(30)32)16-21(27)15-17-5-3-2-4-6-17/h2-14,21,24H,15-16,27-28H2,1H3/t21-,24?/m0/s1. The molecule has 0 aliphatic carbocycles. The third-order valence-electron chi connectivity index (χ3n) is 5.64. The normalized spacial score (nSPS) is 17.6. The Morgan fingerprint density at radius 1 is 1.00 bits per heavy atom. The number of aromatic nitrogens is 1. The van der Waals surface area contributed by atoms with Crippen LogP contribution in [0.3, 0.4) is 0 Å². The smallest absolute Gasteiger partial charge is 0.325 e. The SMILES string of the molecule is CN1C(=O)N(C[C@@H](N)Cc2ccccc2)C(c2ccncc2)=C(c2ccc(F)cc2)C1N. The van der Waals surface area contributed by atoms with Gasteiger partial charge in [-0.15, -0.1) is 0 Å². The summed E-state index contributed by atoms with van der Waals surface area (Å²) in [6.07, 6.45) is 3.26. The summed E-state index contributed by atoms with van der Waals surface area (Å²) in [7, 11) is 1.66. The zero-order valence-corrected chi connectivity index (χ0v) is 17.9. The van der Waals surface area contributed by atoms with E-state index in [-0.39, 0.29) is 17.9 Å². The van der Waals surface area contributed by atoms with E-state index in [0.717, 1.165) is 22.3 Å². The predicted octanol–water partition coefficient (Wildman–Crippen LogP) is 3.31. The van der Waals surface area contributed by atoms with E-state index in [0.29, 0.717) is 18.7 Å². The zero-order valence-electron chi connectivity index (χ0n) is 17.9. The van der Waals surface area contributed by atoms with Crippen molar-refractivity contribution in [3.05, 3.63) is 102 Å². The second-order valence-corrected chi connectivity index (χ2v) is 7.90. The lowest BCUT2D eigenvalue weighted by molar-refractivity contribution is 0.168. The number of hydrogen-bond acceptors (Lipinski definition) is 4. The minimum Gasteiger partial charge on any atom is -0.326 e. The zero-order chi connectivity index (χ0) is 22.7. The Kier molecular flexibility index (Phi) is 6.30. The molecule has 0 fully saturated rings. The Morgan fingerprint density at radius 3 is 2.31 bits per heavy atom. The largest absolute Gasteiger partial charge is 0.326 e. The molecule has 1 aliphatic heterocycles. The summed E-state index contributed by atoms with van der Waals surface area (Å²) in [6, 6.07) is 19.2. The number of likely N-dealkylation sites (N-methyl/N-ethyl adjacent to an activating group) is 1. The second-order valence-electron chi connectivity index (χ2n) is 7.90. The van der Waals surface area contributed by atoms with E-state index in [1.807, 2.05) is 42.5 Å². The number of hydrogen-bond donors (Lipinski definition) is 2. The Labute approximate surface area is 187 Å². The number of benzene rings is 2. The third kappa shape index (κ3) is 4.39. The van der Waals surface area contributed by atoms with Crippen molar-refractivity contribution in [2.75, 3.05) is 13.6 Å². The van der Waals surface area contributed by atoms with Gasteiger partial charge in [0.05, 0.1) is 5.70 Å². The Bertz CT molecular complexity index is 1100. The molecule has 2 aromatic carbocycles. The number of pyridine rings is 1. The summed E-state index contributed by atoms with van der Waals surface area (Å²) in [5.74, 6) is -0.338. The molecule has 0 saturated carbocycles. The fourth-order valence-corrected chi connectivity index (χ4v) is 4.03. The molecule has 1 aliphatic rings. The lowest BCUT2D eigenvalue weighted by Crippen LogP contribution is -2.56. The summed E-state index contributed by atoms with van der Waals surface area (Å²) >= 11 is 0. The molecule has 0 bridgehead atoms. The van der Waals surface area contributed by atoms with E-state index in [9.17, 15) is 9.18 Å². The number of carbonyl (C=O) groups is 1. The van der Waals surface area contributed by atoms with Gasteiger partial charge in [-0.2, -0.15) is 0 Å². The maximum absolute atomic E-state index is 13.6. The highest BCUT2D eigenvalue weighted by molar-refractivity contribution is 6.02. The van der Waals surface area contributed by atoms with Gasteiger partial charge in [-0.3, -0.25) is 9.88 Å². The summed E-state index contributed by atoms with van der Waals surface area (Å²) in [5, 5.41) is 0. The number of nitrogens with two attached hydrogens (primary N) is 2. The highest BCUT2D eigenvalue weighted by Gasteiger charge is 2.37. The Hall–Kier alpha value is -3.55. The lowest BCUT2D eigenvalue weighted by atomic mass is 9.93. The number of urea groups is 1. The molecule has 1 aromatic heterocycles. The van der Waals surface area contributed by atoms with Crippen LogP contribution in [0.15, 0.2) is 79.1 Å². The first kappa shape index (κ1) is 21.7. The molecule has 0 saturated heterocycles. The van der Waals surface area contributed by atoms with Gasteiger partial charge in [-0.1, -0.05) is 42.5 Å². The van der Waals surface area contributed by atoms with Gasteiger partial charge < -0.3 is 16.4 Å². The van der Waals surface area contributed by atoms with Crippen LogP contribution in [0.4, 0.5) is 9.18 Å². The van der Waals surface area contributed by atoms with Crippen molar-refractivity contribution in [2.24, 2.45) is 11.5 Å². The van der Waals surface area contributed by atoms with Gasteiger partial charge in [0, 0.05) is 43.2 Å². The number of halogens is 1. The molecule has 6 nitrogen and oxygen atoms in total. The highest BCUT2D eigenvalue weighted by Crippen LogP contribution is 2.36. The van der Waals surface area contributed by atoms with Gasteiger partial charge in [0.25, 0.3) is 0 Å². The number of nitrogens with zero attached hydrogens (tertiary/aromatic N) is 3. The molecular weight excluding hydrogens is 405 g/mol. The predicted molar refractivity (Wildman–Crippen MR) is 123 cm³/mol. The van der Waals surface area contributed by atoms with Crippen LogP contribution in [0.2, 0.25) is 0 Å². The maximum atomic E-state index is 13.6. The molecular formula is C25H26FN5O. The van der Waals surface area contributed by atoms with E-state index in [2.05, 4.69) is 4.98 Å². The summed E-state index contributed by atoms with van der Waals surface area (Å²) in [6.45, 7) is 0.299. The molecule has 7 heteroatoms. The minimum absolute atomic E-state index is 0.237. The molecule has 2 heterocycles. The first-order valence-electron chi connectivity index (χ1n) is 10.5. The van der Waals surface area contributed by atoms with Crippen molar-refractivity contribution in [3.8, 4) is 0 Å². The number of carbonyl (C=O) groups excluding carboxylic acids is 1. The average Bonchev–Trinajstić information content (AvgIpc) is 2.81. The average molecular weight is 432 g/mol. The molecule has 4 N–H and O–H groups in total. The molecule has 32 heavy (non-hydrogen) atoms. The van der Waals surface area contributed by atoms with Crippen LogP contribution in [-0.2, 0) is 6.42 Å². The highest BCUT2D eigenvalue weighted by atomic mass is 19.1. The lowest BCUT2D eigenvalue weighted by Gasteiger charge is -2.42. The second kappa shape index (κ2) is 9.30. The summed E-state index contributed by atoms with van der Waals surface area (Å²) in [4.78, 5) is 20.6. The third-order valence-corrected chi connectivity index (χ3v) is 5.64. The van der Waals surface area contributed by atoms with Gasteiger partial charge in [-0.05, 0) is 41.8 Å². The monoisotopic (exact) mass is 431 g/mol. The Balaban J connectivity index is 1.80. The van der Waals surface area contributed by atoms with Gasteiger partial charge in [0.1, 0.15) is 12.0 Å². The molecule has 0 spiro atoms. The van der Waals surface area contributed by atoms with Crippen LogP contribution in [0.1, 0.15) is 16.7 Å². The first-order chi connectivity index (χ1) is 15.5. The van der Waals surface area contributed by atoms with Crippen molar-refractivity contribution >= 4 is 17.3 Å². The molecule has 2 atom stereocenters. The van der Waals surface area contributed by atoms with Crippen molar-refractivity contribution in [3.63, 3.8) is 0 Å². The van der Waals surface area contributed by atoms with Gasteiger partial charge in [-0.25, -0.2) is 9.18 Å². The molecule has 0 radical (unpaired) electrons. The van der Waals surface area contributed by atoms with E-state index < -0.39 is 6.17 Å². The van der Waals surface area contributed by atoms with Gasteiger partial charge in [0.15, 0.2) is 0 Å². The Morgan fingerprint density at radius 2 is 1.66 bits per heavy atom. The van der Waals surface area contributed by atoms with Crippen LogP contribution in [0, 0.1) is 5.82 Å². The minimum atomic E-state index is -0.697. The van der Waals surface area contributed by atoms with Crippen LogP contribution >= 0.6 is 0 Å². The molecule has 3 aromatic rings. The fraction of sp³-hybridized carbons (Fsp3) is 0.200. The summed E-state index contributed by atoms with van der Waals surface area (Å²) in [5.41, 5.74) is 17.0. The van der Waals surface area contributed by atoms with E-state index in [1.54, 1.807) is 36.5 Å². The van der Waals surface area contributed by atoms with Crippen molar-refractivity contribution < 1.29 is 9.18 Å². The van der Waals surface area contributed by atoms with Crippen molar-refractivity contribution in [1.29, 1.82) is 0 Å². The van der Waals surface area contributed by atoms with Crippen LogP contribution < -0.4 is 11.5 Å². The molecule has 1 unspecified atom stereocenters. The quantitative estimate of drug-likeness (QED) is 0.627. The van der Waals surface area contributed by atoms with Crippen molar-refractivity contribution in [2.45, 2.75) is 18.6 Å².